The summed E-state index contributed by atoms with van der Waals surface area (Å²) in [6.07, 6.45) is 0. The summed E-state index contributed by atoms with van der Waals surface area (Å²) in [5.74, 6) is 1.21. The van der Waals surface area contributed by atoms with E-state index in [-0.39, 0.29) is 24.2 Å². The molecule has 0 bridgehead atoms. The zero-order valence-electron chi connectivity index (χ0n) is 11.5. The predicted octanol–water partition coefficient (Wildman–Crippen LogP) is 1.53. The third kappa shape index (κ3) is 4.72. The van der Waals surface area contributed by atoms with E-state index in [9.17, 15) is 8.42 Å². The third-order valence-corrected chi connectivity index (χ3v) is 4.47. The van der Waals surface area contributed by atoms with Gasteiger partial charge < -0.3 is 15.2 Å². The molecule has 19 heavy (non-hydrogen) atoms. The van der Waals surface area contributed by atoms with Gasteiger partial charge in [-0.1, -0.05) is 13.0 Å². The van der Waals surface area contributed by atoms with E-state index in [0.29, 0.717) is 11.5 Å². The maximum absolute atomic E-state index is 11.4. The second-order valence-electron chi connectivity index (χ2n) is 4.28. The van der Waals surface area contributed by atoms with Crippen LogP contribution in [0.1, 0.15) is 25.5 Å². The van der Waals surface area contributed by atoms with E-state index >= 15 is 0 Å². The standard InChI is InChI=1S/C13H21NO4S/c1-4-19(15,16)8-7-18-12-6-5-11(10(2)14)9-13(12)17-3/h5-6,9-10H,4,7-8,14H2,1-3H3/t10-/m0/s1. The number of hydrogen-bond acceptors (Lipinski definition) is 5. The molecule has 2 N–H and O–H groups in total. The molecule has 0 aromatic heterocycles. The SMILES string of the molecule is CCS(=O)(=O)CCOc1ccc([C@H](C)N)cc1OC. The lowest BCUT2D eigenvalue weighted by Gasteiger charge is -2.13. The Kier molecular flexibility index (Phi) is 5.62. The maximum Gasteiger partial charge on any atom is 0.161 e. The van der Waals surface area contributed by atoms with Crippen LogP contribution in [0.5, 0.6) is 11.5 Å². The van der Waals surface area contributed by atoms with Gasteiger partial charge in [-0.05, 0) is 24.6 Å². The minimum absolute atomic E-state index is 0.00168. The van der Waals surface area contributed by atoms with Crippen LogP contribution in [0.4, 0.5) is 0 Å². The van der Waals surface area contributed by atoms with Crippen LogP contribution in [0, 0.1) is 0 Å². The molecule has 0 unspecified atom stereocenters. The van der Waals surface area contributed by atoms with Crippen molar-refractivity contribution in [1.29, 1.82) is 0 Å². The van der Waals surface area contributed by atoms with Crippen LogP contribution in [-0.2, 0) is 9.84 Å². The van der Waals surface area contributed by atoms with E-state index in [2.05, 4.69) is 0 Å². The Bertz CT molecular complexity index is 511. The highest BCUT2D eigenvalue weighted by molar-refractivity contribution is 7.91. The average molecular weight is 287 g/mol. The van der Waals surface area contributed by atoms with Crippen LogP contribution in [0.25, 0.3) is 0 Å². The van der Waals surface area contributed by atoms with E-state index in [0.717, 1.165) is 5.56 Å². The molecular formula is C13H21NO4S. The topological polar surface area (TPSA) is 78.6 Å². The third-order valence-electron chi connectivity index (χ3n) is 2.81. The Balaban J connectivity index is 2.73. The smallest absolute Gasteiger partial charge is 0.161 e. The van der Waals surface area contributed by atoms with Crippen LogP contribution in [0.3, 0.4) is 0 Å². The highest BCUT2D eigenvalue weighted by atomic mass is 32.2. The lowest BCUT2D eigenvalue weighted by Crippen LogP contribution is -2.16. The number of nitrogens with two attached hydrogens (primary N) is 1. The summed E-state index contributed by atoms with van der Waals surface area (Å²) in [6.45, 7) is 3.61. The van der Waals surface area contributed by atoms with Crippen molar-refractivity contribution >= 4 is 9.84 Å². The van der Waals surface area contributed by atoms with Crippen molar-refractivity contribution in [2.45, 2.75) is 19.9 Å². The number of methoxy groups -OCH3 is 1. The first-order valence-electron chi connectivity index (χ1n) is 6.16. The van der Waals surface area contributed by atoms with E-state index in [1.165, 1.54) is 7.11 Å². The number of sulfone groups is 1. The van der Waals surface area contributed by atoms with Crippen molar-refractivity contribution in [3.63, 3.8) is 0 Å². The van der Waals surface area contributed by atoms with Crippen LogP contribution >= 0.6 is 0 Å². The lowest BCUT2D eigenvalue weighted by atomic mass is 10.1. The molecule has 108 valence electrons. The van der Waals surface area contributed by atoms with Crippen molar-refractivity contribution in [3.8, 4) is 11.5 Å². The van der Waals surface area contributed by atoms with Gasteiger partial charge in [-0.15, -0.1) is 0 Å². The monoisotopic (exact) mass is 287 g/mol. The van der Waals surface area contributed by atoms with Gasteiger partial charge in [0.1, 0.15) is 6.61 Å². The molecule has 0 amide bonds. The van der Waals surface area contributed by atoms with E-state index in [4.69, 9.17) is 15.2 Å². The largest absolute Gasteiger partial charge is 0.493 e. The minimum atomic E-state index is -3.02. The van der Waals surface area contributed by atoms with Crippen molar-refractivity contribution in [3.05, 3.63) is 23.8 Å². The van der Waals surface area contributed by atoms with Gasteiger partial charge in [-0.2, -0.15) is 0 Å². The minimum Gasteiger partial charge on any atom is -0.493 e. The van der Waals surface area contributed by atoms with E-state index in [1.807, 2.05) is 13.0 Å². The second kappa shape index (κ2) is 6.77. The zero-order valence-corrected chi connectivity index (χ0v) is 12.4. The molecule has 0 saturated heterocycles. The summed E-state index contributed by atoms with van der Waals surface area (Å²) in [5, 5.41) is 0. The Morgan fingerprint density at radius 1 is 1.32 bits per heavy atom. The molecule has 0 aliphatic heterocycles. The first kappa shape index (κ1) is 15.8. The Labute approximate surface area is 114 Å². The molecule has 1 aromatic rings. The molecule has 0 aliphatic rings. The van der Waals surface area contributed by atoms with Crippen molar-refractivity contribution in [2.24, 2.45) is 5.73 Å². The van der Waals surface area contributed by atoms with Crippen LogP contribution in [0.15, 0.2) is 18.2 Å². The molecule has 0 heterocycles. The summed E-state index contributed by atoms with van der Waals surface area (Å²) in [6, 6.07) is 5.30. The van der Waals surface area contributed by atoms with Gasteiger partial charge in [0, 0.05) is 11.8 Å². The molecule has 0 aliphatic carbocycles. The quantitative estimate of drug-likeness (QED) is 0.822. The first-order chi connectivity index (χ1) is 8.89. The van der Waals surface area contributed by atoms with E-state index in [1.54, 1.807) is 19.1 Å². The summed E-state index contributed by atoms with van der Waals surface area (Å²) < 4.78 is 33.4. The van der Waals surface area contributed by atoms with Gasteiger partial charge in [0.15, 0.2) is 21.3 Å². The number of ether oxygens (including phenoxy) is 2. The molecule has 0 saturated carbocycles. The van der Waals surface area contributed by atoms with Gasteiger partial charge in [-0.3, -0.25) is 0 Å². The summed E-state index contributed by atoms with van der Waals surface area (Å²) in [7, 11) is -1.48. The van der Waals surface area contributed by atoms with Gasteiger partial charge in [-0.25, -0.2) is 8.42 Å². The average Bonchev–Trinajstić information content (AvgIpc) is 2.38. The highest BCUT2D eigenvalue weighted by Crippen LogP contribution is 2.29. The Hall–Kier alpha value is -1.27. The molecule has 1 rings (SSSR count). The molecule has 0 spiro atoms. The summed E-state index contributed by atoms with van der Waals surface area (Å²) >= 11 is 0. The first-order valence-corrected chi connectivity index (χ1v) is 7.98. The van der Waals surface area contributed by atoms with Crippen LogP contribution in [-0.4, -0.2) is 33.6 Å². The predicted molar refractivity (Wildman–Crippen MR) is 75.4 cm³/mol. The lowest BCUT2D eigenvalue weighted by molar-refractivity contribution is 0.311. The fourth-order valence-corrected chi connectivity index (χ4v) is 2.14. The summed E-state index contributed by atoms with van der Waals surface area (Å²) in [4.78, 5) is 0. The molecule has 5 nitrogen and oxygen atoms in total. The highest BCUT2D eigenvalue weighted by Gasteiger charge is 2.11. The van der Waals surface area contributed by atoms with Gasteiger partial charge in [0.05, 0.1) is 12.9 Å². The normalized spacial score (nSPS) is 13.1. The van der Waals surface area contributed by atoms with Crippen molar-refractivity contribution < 1.29 is 17.9 Å². The van der Waals surface area contributed by atoms with Crippen molar-refractivity contribution in [2.75, 3.05) is 25.2 Å². The number of hydrogen-bond donors (Lipinski definition) is 1. The number of rotatable bonds is 7. The summed E-state index contributed by atoms with van der Waals surface area (Å²) in [5.41, 5.74) is 6.72. The molecule has 0 fully saturated rings. The number of benzene rings is 1. The molecule has 0 radical (unpaired) electrons. The van der Waals surface area contributed by atoms with E-state index < -0.39 is 9.84 Å². The molecular weight excluding hydrogens is 266 g/mol. The molecule has 6 heteroatoms. The molecule has 1 atom stereocenters. The van der Waals surface area contributed by atoms with Gasteiger partial charge in [0.2, 0.25) is 0 Å². The van der Waals surface area contributed by atoms with Crippen LogP contribution in [0.2, 0.25) is 0 Å². The van der Waals surface area contributed by atoms with Gasteiger partial charge >= 0.3 is 0 Å². The second-order valence-corrected chi connectivity index (χ2v) is 6.76. The van der Waals surface area contributed by atoms with Crippen LogP contribution < -0.4 is 15.2 Å². The Morgan fingerprint density at radius 3 is 2.53 bits per heavy atom. The Morgan fingerprint density at radius 2 is 2.00 bits per heavy atom. The van der Waals surface area contributed by atoms with Gasteiger partial charge in [0.25, 0.3) is 0 Å². The van der Waals surface area contributed by atoms with Crippen molar-refractivity contribution in [1.82, 2.24) is 0 Å². The molecule has 1 aromatic carbocycles. The fourth-order valence-electron chi connectivity index (χ4n) is 1.51. The zero-order chi connectivity index (χ0) is 14.5. The maximum atomic E-state index is 11.4. The fraction of sp³-hybridized carbons (Fsp3) is 0.538.